The number of aromatic amines is 1. The SMILES string of the molecule is CCOC(=O)N1CCC(n2ccc3[nH]c(=O)c(C#N)cc3c2=O)CC1. The van der Waals surface area contributed by atoms with Gasteiger partial charge in [-0.3, -0.25) is 9.59 Å². The summed E-state index contributed by atoms with van der Waals surface area (Å²) >= 11 is 0. The maximum absolute atomic E-state index is 12.8. The number of amides is 1. The zero-order valence-electron chi connectivity index (χ0n) is 13.8. The third kappa shape index (κ3) is 3.13. The number of hydrogen-bond acceptors (Lipinski definition) is 5. The highest BCUT2D eigenvalue weighted by atomic mass is 16.6. The average molecular weight is 342 g/mol. The van der Waals surface area contributed by atoms with E-state index in [0.29, 0.717) is 43.4 Å². The van der Waals surface area contributed by atoms with E-state index in [0.717, 1.165) is 0 Å². The van der Waals surface area contributed by atoms with Gasteiger partial charge in [-0.1, -0.05) is 0 Å². The lowest BCUT2D eigenvalue weighted by Gasteiger charge is -2.32. The number of ether oxygens (including phenoxy) is 1. The van der Waals surface area contributed by atoms with Crippen molar-refractivity contribution in [2.24, 2.45) is 0 Å². The van der Waals surface area contributed by atoms with Crippen LogP contribution in [0.15, 0.2) is 27.9 Å². The summed E-state index contributed by atoms with van der Waals surface area (Å²) in [5.74, 6) is 0. The van der Waals surface area contributed by atoms with Crippen molar-refractivity contribution in [3.8, 4) is 6.07 Å². The average Bonchev–Trinajstić information content (AvgIpc) is 2.62. The van der Waals surface area contributed by atoms with Crippen LogP contribution >= 0.6 is 0 Å². The van der Waals surface area contributed by atoms with Crippen molar-refractivity contribution in [1.82, 2.24) is 14.5 Å². The summed E-state index contributed by atoms with van der Waals surface area (Å²) in [6.45, 7) is 3.13. The van der Waals surface area contributed by atoms with Crippen LogP contribution < -0.4 is 11.1 Å². The van der Waals surface area contributed by atoms with E-state index in [-0.39, 0.29) is 23.3 Å². The van der Waals surface area contributed by atoms with Crippen molar-refractivity contribution in [2.45, 2.75) is 25.8 Å². The van der Waals surface area contributed by atoms with Gasteiger partial charge in [-0.25, -0.2) is 4.79 Å². The molecule has 1 saturated heterocycles. The monoisotopic (exact) mass is 342 g/mol. The first kappa shape index (κ1) is 16.8. The third-order valence-electron chi connectivity index (χ3n) is 4.44. The van der Waals surface area contributed by atoms with Crippen molar-refractivity contribution in [3.05, 3.63) is 44.6 Å². The number of hydrogen-bond donors (Lipinski definition) is 1. The summed E-state index contributed by atoms with van der Waals surface area (Å²) in [7, 11) is 0. The molecule has 3 heterocycles. The van der Waals surface area contributed by atoms with Gasteiger partial charge in [0.15, 0.2) is 0 Å². The summed E-state index contributed by atoms with van der Waals surface area (Å²) in [5.41, 5.74) is -0.427. The Balaban J connectivity index is 1.88. The fraction of sp³-hybridized carbons (Fsp3) is 0.412. The topological polar surface area (TPSA) is 108 Å². The number of H-pyrrole nitrogens is 1. The smallest absolute Gasteiger partial charge is 0.409 e. The number of rotatable bonds is 2. The van der Waals surface area contributed by atoms with E-state index in [9.17, 15) is 14.4 Å². The lowest BCUT2D eigenvalue weighted by molar-refractivity contribution is 0.0924. The lowest BCUT2D eigenvalue weighted by Crippen LogP contribution is -2.41. The molecule has 0 bridgehead atoms. The highest BCUT2D eigenvalue weighted by Gasteiger charge is 2.25. The molecule has 0 radical (unpaired) electrons. The van der Waals surface area contributed by atoms with Gasteiger partial charge in [-0.15, -0.1) is 0 Å². The molecule has 0 aliphatic carbocycles. The number of nitrogens with one attached hydrogen (secondary N) is 1. The maximum atomic E-state index is 12.8. The Labute approximate surface area is 143 Å². The molecule has 1 aliphatic heterocycles. The van der Waals surface area contributed by atoms with Gasteiger partial charge < -0.3 is 19.2 Å². The first-order valence-corrected chi connectivity index (χ1v) is 8.15. The molecule has 0 spiro atoms. The molecule has 0 atom stereocenters. The van der Waals surface area contributed by atoms with Gasteiger partial charge in [-0.05, 0) is 31.9 Å². The van der Waals surface area contributed by atoms with E-state index >= 15 is 0 Å². The van der Waals surface area contributed by atoms with E-state index in [1.54, 1.807) is 34.7 Å². The largest absolute Gasteiger partial charge is 0.450 e. The zero-order valence-corrected chi connectivity index (χ0v) is 13.8. The van der Waals surface area contributed by atoms with Gasteiger partial charge in [0.05, 0.1) is 17.5 Å². The number of nitrogens with zero attached hydrogens (tertiary/aromatic N) is 3. The van der Waals surface area contributed by atoms with Crippen LogP contribution in [-0.2, 0) is 4.74 Å². The molecule has 1 N–H and O–H groups in total. The molecular weight excluding hydrogens is 324 g/mol. The third-order valence-corrected chi connectivity index (χ3v) is 4.44. The molecule has 1 amide bonds. The van der Waals surface area contributed by atoms with E-state index < -0.39 is 5.56 Å². The highest BCUT2D eigenvalue weighted by molar-refractivity contribution is 5.78. The van der Waals surface area contributed by atoms with Gasteiger partial charge >= 0.3 is 6.09 Å². The number of fused-ring (bicyclic) bond motifs is 1. The van der Waals surface area contributed by atoms with Gasteiger partial charge in [0.2, 0.25) is 0 Å². The molecule has 0 saturated carbocycles. The normalized spacial score (nSPS) is 15.1. The van der Waals surface area contributed by atoms with Gasteiger partial charge in [0, 0.05) is 25.3 Å². The van der Waals surface area contributed by atoms with Gasteiger partial charge in [0.25, 0.3) is 11.1 Å². The fourth-order valence-electron chi connectivity index (χ4n) is 3.13. The van der Waals surface area contributed by atoms with Crippen molar-refractivity contribution in [3.63, 3.8) is 0 Å². The molecule has 0 aromatic carbocycles. The van der Waals surface area contributed by atoms with Crippen LogP contribution in [0.1, 0.15) is 31.4 Å². The summed E-state index contributed by atoms with van der Waals surface area (Å²) in [4.78, 5) is 40.4. The summed E-state index contributed by atoms with van der Waals surface area (Å²) in [6.07, 6.45) is 2.59. The predicted molar refractivity (Wildman–Crippen MR) is 90.4 cm³/mol. The van der Waals surface area contributed by atoms with Gasteiger partial charge in [0.1, 0.15) is 11.6 Å². The zero-order chi connectivity index (χ0) is 18.0. The summed E-state index contributed by atoms with van der Waals surface area (Å²) in [5, 5.41) is 9.30. The molecule has 3 rings (SSSR count). The Kier molecular flexibility index (Phi) is 4.57. The van der Waals surface area contributed by atoms with Gasteiger partial charge in [-0.2, -0.15) is 5.26 Å². The minimum atomic E-state index is -0.505. The first-order valence-electron chi connectivity index (χ1n) is 8.15. The quantitative estimate of drug-likeness (QED) is 0.886. The molecule has 1 fully saturated rings. The molecule has 2 aromatic rings. The number of pyridine rings is 2. The number of piperidine rings is 1. The molecule has 130 valence electrons. The Morgan fingerprint density at radius 3 is 2.76 bits per heavy atom. The minimum absolute atomic E-state index is 0.0416. The molecule has 25 heavy (non-hydrogen) atoms. The number of carbonyl (C=O) groups excluding carboxylic acids is 1. The maximum Gasteiger partial charge on any atom is 0.409 e. The van der Waals surface area contributed by atoms with E-state index in [1.807, 2.05) is 0 Å². The first-order chi connectivity index (χ1) is 12.0. The summed E-state index contributed by atoms with van der Waals surface area (Å²) < 4.78 is 6.61. The van der Waals surface area contributed by atoms with Crippen molar-refractivity contribution in [1.29, 1.82) is 5.26 Å². The molecule has 8 heteroatoms. The second kappa shape index (κ2) is 6.81. The Morgan fingerprint density at radius 2 is 2.12 bits per heavy atom. The van der Waals surface area contributed by atoms with Crippen LogP contribution in [0, 0.1) is 11.3 Å². The number of likely N-dealkylation sites (tertiary alicyclic amines) is 1. The molecule has 8 nitrogen and oxygen atoms in total. The minimum Gasteiger partial charge on any atom is -0.450 e. The predicted octanol–water partition coefficient (Wildman–Crippen LogP) is 1.35. The fourth-order valence-corrected chi connectivity index (χ4v) is 3.13. The van der Waals surface area contributed by atoms with Crippen LogP contribution in [0.25, 0.3) is 10.9 Å². The molecule has 2 aromatic heterocycles. The standard InChI is InChI=1S/C17H18N4O4/c1-2-25-17(24)20-6-3-12(4-7-20)21-8-5-14-13(16(21)23)9-11(10-18)15(22)19-14/h5,8-9,12H,2-4,6-7H2,1H3,(H,19,22). The van der Waals surface area contributed by atoms with Crippen LogP contribution in [0.4, 0.5) is 4.79 Å². The van der Waals surface area contributed by atoms with Crippen molar-refractivity contribution < 1.29 is 9.53 Å². The second-order valence-electron chi connectivity index (χ2n) is 5.90. The van der Waals surface area contributed by atoms with Crippen LogP contribution in [0.5, 0.6) is 0 Å². The van der Waals surface area contributed by atoms with Crippen molar-refractivity contribution >= 4 is 17.0 Å². The second-order valence-corrected chi connectivity index (χ2v) is 5.90. The number of aromatic nitrogens is 2. The Bertz CT molecular complexity index is 961. The molecule has 1 aliphatic rings. The van der Waals surface area contributed by atoms with E-state index in [2.05, 4.69) is 4.98 Å². The number of nitriles is 1. The Morgan fingerprint density at radius 1 is 1.40 bits per heavy atom. The molecular formula is C17H18N4O4. The Hall–Kier alpha value is -3.08. The van der Waals surface area contributed by atoms with E-state index in [4.69, 9.17) is 10.00 Å². The highest BCUT2D eigenvalue weighted by Crippen LogP contribution is 2.22. The van der Waals surface area contributed by atoms with Crippen LogP contribution in [0.2, 0.25) is 0 Å². The lowest BCUT2D eigenvalue weighted by atomic mass is 10.0. The van der Waals surface area contributed by atoms with Crippen molar-refractivity contribution in [2.75, 3.05) is 19.7 Å². The summed E-state index contributed by atoms with van der Waals surface area (Å²) in [6, 6.07) is 4.75. The van der Waals surface area contributed by atoms with E-state index in [1.165, 1.54) is 6.07 Å². The molecule has 0 unspecified atom stereocenters. The number of carbonyl (C=O) groups is 1. The van der Waals surface area contributed by atoms with Crippen LogP contribution in [-0.4, -0.2) is 40.2 Å². The van der Waals surface area contributed by atoms with Crippen LogP contribution in [0.3, 0.4) is 0 Å².